The van der Waals surface area contributed by atoms with Gasteiger partial charge in [0.2, 0.25) is 15.9 Å². The quantitative estimate of drug-likeness (QED) is 0.774. The fraction of sp³-hybridized carbons (Fsp3) is 0.562. The molecule has 0 bridgehead atoms. The molecule has 1 N–H and O–H groups in total. The molecule has 1 aromatic rings. The molecule has 7 heteroatoms. The van der Waals surface area contributed by atoms with Crippen LogP contribution < -0.4 is 9.62 Å². The predicted octanol–water partition coefficient (Wildman–Crippen LogP) is 3.19. The monoisotopic (exact) mass is 360 g/mol. The van der Waals surface area contributed by atoms with Crippen molar-refractivity contribution in [1.82, 2.24) is 5.32 Å². The third-order valence-corrected chi connectivity index (χ3v) is 4.95. The van der Waals surface area contributed by atoms with Crippen molar-refractivity contribution in [1.29, 1.82) is 0 Å². The Hall–Kier alpha value is -1.27. The molecule has 23 heavy (non-hydrogen) atoms. The molecule has 0 spiro atoms. The molecule has 5 nitrogen and oxygen atoms in total. The highest BCUT2D eigenvalue weighted by Crippen LogP contribution is 2.24. The average Bonchev–Trinajstić information content (AvgIpc) is 2.44. The number of halogens is 1. The second-order valence-corrected chi connectivity index (χ2v) is 7.95. The van der Waals surface area contributed by atoms with E-state index >= 15 is 0 Å². The van der Waals surface area contributed by atoms with Gasteiger partial charge in [-0.05, 0) is 44.0 Å². The highest BCUT2D eigenvalue weighted by molar-refractivity contribution is 7.92. The van der Waals surface area contributed by atoms with Crippen LogP contribution in [0.2, 0.25) is 5.02 Å². The Morgan fingerprint density at radius 2 is 1.83 bits per heavy atom. The zero-order valence-electron chi connectivity index (χ0n) is 14.0. The van der Waals surface area contributed by atoms with Crippen molar-refractivity contribution >= 4 is 33.2 Å². The van der Waals surface area contributed by atoms with Crippen molar-refractivity contribution in [3.63, 3.8) is 0 Å². The molecule has 0 aromatic heterocycles. The van der Waals surface area contributed by atoms with E-state index < -0.39 is 16.1 Å². The van der Waals surface area contributed by atoms with E-state index in [2.05, 4.69) is 5.32 Å². The van der Waals surface area contributed by atoms with E-state index in [1.165, 1.54) is 0 Å². The molecular weight excluding hydrogens is 336 g/mol. The lowest BCUT2D eigenvalue weighted by atomic mass is 10.1. The molecule has 0 aliphatic carbocycles. The first-order chi connectivity index (χ1) is 10.7. The molecule has 0 radical (unpaired) electrons. The highest BCUT2D eigenvalue weighted by Gasteiger charge is 2.31. The van der Waals surface area contributed by atoms with Gasteiger partial charge in [0.25, 0.3) is 0 Å². The molecule has 2 atom stereocenters. The van der Waals surface area contributed by atoms with E-state index in [0.29, 0.717) is 17.1 Å². The fourth-order valence-electron chi connectivity index (χ4n) is 2.49. The maximum atomic E-state index is 12.5. The van der Waals surface area contributed by atoms with Gasteiger partial charge in [-0.1, -0.05) is 31.9 Å². The lowest BCUT2D eigenvalue weighted by molar-refractivity contribution is -0.122. The van der Waals surface area contributed by atoms with Gasteiger partial charge in [-0.15, -0.1) is 0 Å². The van der Waals surface area contributed by atoms with Crippen LogP contribution in [-0.4, -0.2) is 32.7 Å². The van der Waals surface area contributed by atoms with Crippen LogP contribution in [0, 0.1) is 0 Å². The summed E-state index contributed by atoms with van der Waals surface area (Å²) in [5.41, 5.74) is 0.432. The topological polar surface area (TPSA) is 66.5 Å². The van der Waals surface area contributed by atoms with Crippen LogP contribution in [0.3, 0.4) is 0 Å². The number of carbonyl (C=O) groups excluding carboxylic acids is 1. The van der Waals surface area contributed by atoms with Gasteiger partial charge in [0.15, 0.2) is 0 Å². The summed E-state index contributed by atoms with van der Waals surface area (Å²) in [6, 6.07) is 5.65. The van der Waals surface area contributed by atoms with Gasteiger partial charge in [-0.25, -0.2) is 8.42 Å². The van der Waals surface area contributed by atoms with Gasteiger partial charge in [0.1, 0.15) is 6.04 Å². The van der Waals surface area contributed by atoms with Gasteiger partial charge in [-0.2, -0.15) is 0 Å². The summed E-state index contributed by atoms with van der Waals surface area (Å²) in [4.78, 5) is 12.5. The summed E-state index contributed by atoms with van der Waals surface area (Å²) in [5.74, 6) is -0.283. The maximum Gasteiger partial charge on any atom is 0.244 e. The summed E-state index contributed by atoms with van der Waals surface area (Å²) in [7, 11) is -3.61. The van der Waals surface area contributed by atoms with E-state index in [9.17, 15) is 13.2 Å². The zero-order valence-corrected chi connectivity index (χ0v) is 15.6. The summed E-state index contributed by atoms with van der Waals surface area (Å²) < 4.78 is 25.7. The summed E-state index contributed by atoms with van der Waals surface area (Å²) in [6.45, 7) is 5.75. The van der Waals surface area contributed by atoms with Crippen LogP contribution in [0.15, 0.2) is 24.3 Å². The lowest BCUT2D eigenvalue weighted by Gasteiger charge is -2.31. The number of hydrogen-bond donors (Lipinski definition) is 1. The maximum absolute atomic E-state index is 12.5. The van der Waals surface area contributed by atoms with E-state index in [0.717, 1.165) is 23.4 Å². The first-order valence-corrected chi connectivity index (χ1v) is 9.98. The van der Waals surface area contributed by atoms with Crippen LogP contribution in [-0.2, 0) is 14.8 Å². The number of anilines is 1. The Morgan fingerprint density at radius 3 is 2.26 bits per heavy atom. The van der Waals surface area contributed by atoms with E-state index in [1.54, 1.807) is 31.2 Å². The number of sulfonamides is 1. The van der Waals surface area contributed by atoms with Crippen molar-refractivity contribution in [2.24, 2.45) is 0 Å². The molecule has 130 valence electrons. The van der Waals surface area contributed by atoms with Crippen LogP contribution in [0.25, 0.3) is 0 Å². The van der Waals surface area contributed by atoms with Crippen molar-refractivity contribution < 1.29 is 13.2 Å². The third kappa shape index (κ3) is 5.70. The van der Waals surface area contributed by atoms with Crippen molar-refractivity contribution in [2.75, 3.05) is 10.6 Å². The first-order valence-electron chi connectivity index (χ1n) is 7.76. The van der Waals surface area contributed by atoms with Crippen LogP contribution in [0.4, 0.5) is 5.69 Å². The molecule has 1 aromatic carbocycles. The number of amides is 1. The summed E-state index contributed by atoms with van der Waals surface area (Å²) in [6.07, 6.45) is 3.28. The van der Waals surface area contributed by atoms with Gasteiger partial charge in [0.05, 0.1) is 11.9 Å². The predicted molar refractivity (Wildman–Crippen MR) is 95.4 cm³/mol. The Bertz CT molecular complexity index is 617. The zero-order chi connectivity index (χ0) is 17.6. The molecule has 0 aliphatic rings. The highest BCUT2D eigenvalue weighted by atomic mass is 35.5. The van der Waals surface area contributed by atoms with Gasteiger partial charge in [0, 0.05) is 11.1 Å². The largest absolute Gasteiger partial charge is 0.352 e. The SMILES string of the molecule is CCC[C@@H](C)NC(=O)[C@@H](CC)N(c1ccc(Cl)cc1)S(C)(=O)=O. The van der Waals surface area contributed by atoms with E-state index in [-0.39, 0.29) is 11.9 Å². The Morgan fingerprint density at radius 1 is 1.26 bits per heavy atom. The van der Waals surface area contributed by atoms with E-state index in [1.807, 2.05) is 13.8 Å². The third-order valence-electron chi connectivity index (χ3n) is 3.52. The average molecular weight is 361 g/mol. The number of hydrogen-bond acceptors (Lipinski definition) is 3. The Kier molecular flexibility index (Phi) is 7.35. The normalized spacial score (nSPS) is 14.1. The molecular formula is C16H25ClN2O3S. The van der Waals surface area contributed by atoms with Crippen molar-refractivity contribution in [3.8, 4) is 0 Å². The number of nitrogens with zero attached hydrogens (tertiary/aromatic N) is 1. The fourth-order valence-corrected chi connectivity index (χ4v) is 3.83. The number of rotatable bonds is 8. The van der Waals surface area contributed by atoms with Gasteiger partial charge in [-0.3, -0.25) is 9.10 Å². The standard InChI is InChI=1S/C16H25ClN2O3S/c1-5-7-12(3)18-16(20)15(6-2)19(23(4,21)22)14-10-8-13(17)9-11-14/h8-12,15H,5-7H2,1-4H3,(H,18,20)/t12-,15-/m1/s1. The smallest absolute Gasteiger partial charge is 0.244 e. The molecule has 1 amide bonds. The van der Waals surface area contributed by atoms with E-state index in [4.69, 9.17) is 11.6 Å². The minimum absolute atomic E-state index is 0.00757. The molecule has 0 saturated carbocycles. The van der Waals surface area contributed by atoms with Crippen LogP contribution in [0.1, 0.15) is 40.0 Å². The van der Waals surface area contributed by atoms with Crippen LogP contribution in [0.5, 0.6) is 0 Å². The molecule has 0 unspecified atom stereocenters. The number of benzene rings is 1. The molecule has 1 rings (SSSR count). The second kappa shape index (κ2) is 8.55. The molecule has 0 heterocycles. The Balaban J connectivity index is 3.13. The molecule has 0 aliphatic heterocycles. The van der Waals surface area contributed by atoms with Gasteiger partial charge < -0.3 is 5.32 Å². The van der Waals surface area contributed by atoms with Crippen molar-refractivity contribution in [3.05, 3.63) is 29.3 Å². The summed E-state index contributed by atoms with van der Waals surface area (Å²) >= 11 is 5.86. The Labute approximate surface area is 144 Å². The number of carbonyl (C=O) groups is 1. The van der Waals surface area contributed by atoms with Crippen molar-refractivity contribution in [2.45, 2.75) is 52.1 Å². The first kappa shape index (κ1) is 19.8. The minimum atomic E-state index is -3.61. The lowest BCUT2D eigenvalue weighted by Crippen LogP contribution is -2.51. The minimum Gasteiger partial charge on any atom is -0.352 e. The van der Waals surface area contributed by atoms with Gasteiger partial charge >= 0.3 is 0 Å². The molecule has 0 saturated heterocycles. The molecule has 0 fully saturated rings. The number of nitrogens with one attached hydrogen (secondary N) is 1. The van der Waals surface area contributed by atoms with Crippen LogP contribution >= 0.6 is 11.6 Å². The second-order valence-electron chi connectivity index (χ2n) is 5.66. The summed E-state index contributed by atoms with van der Waals surface area (Å²) in [5, 5.41) is 3.40.